The number of rotatable bonds is 6. The van der Waals surface area contributed by atoms with Gasteiger partial charge in [0, 0.05) is 25.2 Å². The first-order valence-corrected chi connectivity index (χ1v) is 10.1. The van der Waals surface area contributed by atoms with E-state index in [1.165, 1.54) is 16.7 Å². The Labute approximate surface area is 172 Å². The number of carbonyl (C=O) groups is 1. The van der Waals surface area contributed by atoms with Gasteiger partial charge in [-0.3, -0.25) is 9.78 Å². The summed E-state index contributed by atoms with van der Waals surface area (Å²) in [4.78, 5) is 17.0. The summed E-state index contributed by atoms with van der Waals surface area (Å²) < 4.78 is 5.76. The summed E-state index contributed by atoms with van der Waals surface area (Å²) in [5.41, 5.74) is 5.64. The van der Waals surface area contributed by atoms with Crippen LogP contribution in [0.4, 0.5) is 0 Å². The third-order valence-corrected chi connectivity index (χ3v) is 5.33. The van der Waals surface area contributed by atoms with Crippen LogP contribution >= 0.6 is 0 Å². The number of hydrogen-bond acceptors (Lipinski definition) is 3. The van der Waals surface area contributed by atoms with E-state index in [0.29, 0.717) is 12.8 Å². The first kappa shape index (κ1) is 19.2. The van der Waals surface area contributed by atoms with Gasteiger partial charge in [-0.05, 0) is 54.7 Å². The van der Waals surface area contributed by atoms with Crippen LogP contribution in [0.2, 0.25) is 0 Å². The number of nitrogens with zero attached hydrogens (tertiary/aromatic N) is 1. The lowest BCUT2D eigenvalue weighted by Crippen LogP contribution is -2.29. The molecular formula is C25H26N2O2. The highest BCUT2D eigenvalue weighted by Gasteiger charge is 2.20. The summed E-state index contributed by atoms with van der Waals surface area (Å²) in [6.45, 7) is 4.14. The van der Waals surface area contributed by atoms with E-state index in [1.54, 1.807) is 6.20 Å². The molecule has 2 atom stereocenters. The first-order valence-electron chi connectivity index (χ1n) is 10.1. The Balaban J connectivity index is 1.44. The molecule has 0 saturated carbocycles. The Morgan fingerprint density at radius 1 is 1.17 bits per heavy atom. The van der Waals surface area contributed by atoms with Crippen LogP contribution in [0, 0.1) is 6.92 Å². The second-order valence-electron chi connectivity index (χ2n) is 7.77. The summed E-state index contributed by atoms with van der Waals surface area (Å²) in [7, 11) is 0. The Hall–Kier alpha value is -3.14. The molecule has 0 aliphatic carbocycles. The summed E-state index contributed by atoms with van der Waals surface area (Å²) in [5.74, 6) is 1.01. The molecule has 3 aromatic rings. The third-order valence-electron chi connectivity index (χ3n) is 5.33. The maximum atomic E-state index is 12.8. The summed E-state index contributed by atoms with van der Waals surface area (Å²) in [6.07, 6.45) is 5.88. The maximum Gasteiger partial charge on any atom is 0.221 e. The van der Waals surface area contributed by atoms with Crippen molar-refractivity contribution in [3.63, 3.8) is 0 Å². The average molecular weight is 386 g/mol. The zero-order valence-electron chi connectivity index (χ0n) is 16.9. The highest BCUT2D eigenvalue weighted by molar-refractivity contribution is 5.77. The van der Waals surface area contributed by atoms with Crippen LogP contribution in [0.25, 0.3) is 0 Å². The van der Waals surface area contributed by atoms with Gasteiger partial charge in [-0.1, -0.05) is 48.0 Å². The van der Waals surface area contributed by atoms with Crippen molar-refractivity contribution in [1.29, 1.82) is 0 Å². The van der Waals surface area contributed by atoms with E-state index < -0.39 is 0 Å². The second-order valence-corrected chi connectivity index (χ2v) is 7.77. The number of aromatic nitrogens is 1. The molecule has 148 valence electrons. The van der Waals surface area contributed by atoms with E-state index >= 15 is 0 Å². The minimum atomic E-state index is -0.203. The van der Waals surface area contributed by atoms with Gasteiger partial charge in [0.1, 0.15) is 11.9 Å². The van der Waals surface area contributed by atoms with E-state index in [9.17, 15) is 4.79 Å². The van der Waals surface area contributed by atoms with Crippen LogP contribution in [0.5, 0.6) is 5.75 Å². The smallest absolute Gasteiger partial charge is 0.221 e. The van der Waals surface area contributed by atoms with Crippen molar-refractivity contribution in [2.24, 2.45) is 0 Å². The van der Waals surface area contributed by atoms with E-state index in [1.807, 2.05) is 24.4 Å². The number of fused-ring (bicyclic) bond motifs is 1. The number of aryl methyl sites for hydroxylation is 2. The number of nitrogens with one attached hydrogen (secondary N) is 1. The van der Waals surface area contributed by atoms with Crippen LogP contribution in [-0.4, -0.2) is 17.0 Å². The SMILES string of the molecule is Cc1ccc(C(NC(=O)CCc2ccc3c(c2)CC(C)O3)c2cccnc2)cc1. The quantitative estimate of drug-likeness (QED) is 0.676. The number of hydrogen-bond donors (Lipinski definition) is 1. The lowest BCUT2D eigenvalue weighted by molar-refractivity contribution is -0.121. The molecule has 0 radical (unpaired) electrons. The van der Waals surface area contributed by atoms with Gasteiger partial charge >= 0.3 is 0 Å². The van der Waals surface area contributed by atoms with E-state index in [-0.39, 0.29) is 18.1 Å². The second kappa shape index (κ2) is 8.48. The molecule has 0 fully saturated rings. The molecule has 1 aromatic heterocycles. The van der Waals surface area contributed by atoms with Crippen molar-refractivity contribution in [3.05, 3.63) is 94.8 Å². The zero-order valence-corrected chi connectivity index (χ0v) is 16.9. The lowest BCUT2D eigenvalue weighted by atomic mass is 9.98. The highest BCUT2D eigenvalue weighted by atomic mass is 16.5. The van der Waals surface area contributed by atoms with Crippen LogP contribution in [0.1, 0.15) is 47.2 Å². The van der Waals surface area contributed by atoms with Crippen molar-refractivity contribution in [2.45, 2.75) is 45.3 Å². The van der Waals surface area contributed by atoms with Gasteiger partial charge < -0.3 is 10.1 Å². The molecule has 4 heteroatoms. The molecule has 29 heavy (non-hydrogen) atoms. The van der Waals surface area contributed by atoms with Crippen LogP contribution < -0.4 is 10.1 Å². The molecule has 0 spiro atoms. The monoisotopic (exact) mass is 386 g/mol. The Morgan fingerprint density at radius 2 is 2.00 bits per heavy atom. The van der Waals surface area contributed by atoms with Gasteiger partial charge in [-0.2, -0.15) is 0 Å². The largest absolute Gasteiger partial charge is 0.490 e. The predicted molar refractivity (Wildman–Crippen MR) is 114 cm³/mol. The summed E-state index contributed by atoms with van der Waals surface area (Å²) in [5, 5.41) is 3.20. The van der Waals surface area contributed by atoms with Crippen LogP contribution in [0.3, 0.4) is 0 Å². The number of amides is 1. The Morgan fingerprint density at radius 3 is 2.76 bits per heavy atom. The van der Waals surface area contributed by atoms with Gasteiger partial charge in [0.2, 0.25) is 5.91 Å². The van der Waals surface area contributed by atoms with Gasteiger partial charge in [0.15, 0.2) is 0 Å². The van der Waals surface area contributed by atoms with E-state index in [0.717, 1.165) is 23.3 Å². The molecule has 1 amide bonds. The molecular weight excluding hydrogens is 360 g/mol. The molecule has 4 rings (SSSR count). The standard InChI is InChI=1S/C25H26N2O2/c1-17-5-9-20(10-6-17)25(21-4-3-13-26-16-21)27-24(28)12-8-19-7-11-23-22(15-19)14-18(2)29-23/h3-7,9-11,13,15-16,18,25H,8,12,14H2,1-2H3,(H,27,28). The molecule has 2 heterocycles. The molecule has 1 N–H and O–H groups in total. The normalized spacial score (nSPS) is 16.0. The van der Waals surface area contributed by atoms with Crippen molar-refractivity contribution in [1.82, 2.24) is 10.3 Å². The van der Waals surface area contributed by atoms with Crippen molar-refractivity contribution in [2.75, 3.05) is 0 Å². The molecule has 0 saturated heterocycles. The topological polar surface area (TPSA) is 51.2 Å². The number of benzene rings is 2. The van der Waals surface area contributed by atoms with Crippen LogP contribution in [-0.2, 0) is 17.6 Å². The third kappa shape index (κ3) is 4.65. The van der Waals surface area contributed by atoms with Crippen LogP contribution in [0.15, 0.2) is 67.0 Å². The molecule has 1 aliphatic rings. The van der Waals surface area contributed by atoms with Gasteiger partial charge in [0.25, 0.3) is 0 Å². The Bertz CT molecular complexity index is 983. The summed E-state index contributed by atoms with van der Waals surface area (Å²) in [6, 6.07) is 18.2. The van der Waals surface area contributed by atoms with Gasteiger partial charge in [0.05, 0.1) is 6.04 Å². The fraction of sp³-hybridized carbons (Fsp3) is 0.280. The molecule has 1 aliphatic heterocycles. The fourth-order valence-corrected chi connectivity index (χ4v) is 3.79. The molecule has 2 unspecified atom stereocenters. The van der Waals surface area contributed by atoms with E-state index in [4.69, 9.17) is 4.74 Å². The minimum Gasteiger partial charge on any atom is -0.490 e. The number of carbonyl (C=O) groups excluding carboxylic acids is 1. The van der Waals surface area contributed by atoms with Crippen molar-refractivity contribution >= 4 is 5.91 Å². The minimum absolute atomic E-state index is 0.0320. The number of pyridine rings is 1. The lowest BCUT2D eigenvalue weighted by Gasteiger charge is -2.20. The Kier molecular flexibility index (Phi) is 5.61. The van der Waals surface area contributed by atoms with Crippen molar-refractivity contribution < 1.29 is 9.53 Å². The van der Waals surface area contributed by atoms with Crippen molar-refractivity contribution in [3.8, 4) is 5.75 Å². The maximum absolute atomic E-state index is 12.8. The fourth-order valence-electron chi connectivity index (χ4n) is 3.79. The first-order chi connectivity index (χ1) is 14.1. The molecule has 2 aromatic carbocycles. The summed E-state index contributed by atoms with van der Waals surface area (Å²) >= 11 is 0. The highest BCUT2D eigenvalue weighted by Crippen LogP contribution is 2.29. The van der Waals surface area contributed by atoms with E-state index in [2.05, 4.69) is 60.5 Å². The number of ether oxygens (including phenoxy) is 1. The van der Waals surface area contributed by atoms with Gasteiger partial charge in [-0.15, -0.1) is 0 Å². The zero-order chi connectivity index (χ0) is 20.2. The van der Waals surface area contributed by atoms with Gasteiger partial charge in [-0.25, -0.2) is 0 Å². The molecule has 4 nitrogen and oxygen atoms in total. The predicted octanol–water partition coefficient (Wildman–Crippen LogP) is 4.55. The average Bonchev–Trinajstić information content (AvgIpc) is 3.11. The molecule has 0 bridgehead atoms.